The maximum Gasteiger partial charge on any atom is 0.323 e. The smallest absolute Gasteiger partial charge is 0.323 e. The molecule has 0 spiro atoms. The predicted molar refractivity (Wildman–Crippen MR) is 107 cm³/mol. The summed E-state index contributed by atoms with van der Waals surface area (Å²) < 4.78 is 0. The molecule has 0 radical (unpaired) electrons. The highest BCUT2D eigenvalue weighted by atomic mass is 35.5. The third-order valence-electron chi connectivity index (χ3n) is 4.48. The molecule has 0 saturated carbocycles. The minimum absolute atomic E-state index is 0.0568. The number of aromatic nitrogens is 2. The summed E-state index contributed by atoms with van der Waals surface area (Å²) in [5.41, 5.74) is 1.96. The van der Waals surface area contributed by atoms with E-state index in [4.69, 9.17) is 11.6 Å². The number of nitrogens with zero attached hydrogens (tertiary/aromatic N) is 2. The van der Waals surface area contributed by atoms with Gasteiger partial charge in [0.15, 0.2) is 0 Å². The Labute approximate surface area is 164 Å². The number of benzene rings is 2. The minimum Gasteiger partial charge on any atom is -0.325 e. The first kappa shape index (κ1) is 19.6. The van der Waals surface area contributed by atoms with Gasteiger partial charge in [0.2, 0.25) is 5.91 Å². The summed E-state index contributed by atoms with van der Waals surface area (Å²) in [6.07, 6.45) is 0. The number of carbonyl (C=O) groups is 1. The second-order valence-corrected chi connectivity index (χ2v) is 6.86. The van der Waals surface area contributed by atoms with Gasteiger partial charge in [-0.1, -0.05) is 11.6 Å². The summed E-state index contributed by atoms with van der Waals surface area (Å²) >= 11 is 6.13. The lowest BCUT2D eigenvalue weighted by Crippen LogP contribution is -2.39. The van der Waals surface area contributed by atoms with Crippen LogP contribution in [0.4, 0.5) is 11.4 Å². The number of halogens is 1. The van der Waals surface area contributed by atoms with E-state index in [0.717, 1.165) is 0 Å². The lowest BCUT2D eigenvalue weighted by Gasteiger charge is -2.24. The lowest BCUT2D eigenvalue weighted by molar-refractivity contribution is -0.384. The largest absolute Gasteiger partial charge is 0.325 e. The van der Waals surface area contributed by atoms with Crippen LogP contribution in [0.5, 0.6) is 0 Å². The van der Waals surface area contributed by atoms with Crippen LogP contribution in [-0.4, -0.2) is 38.8 Å². The molecule has 2 aromatic carbocycles. The second-order valence-electron chi connectivity index (χ2n) is 6.45. The lowest BCUT2D eigenvalue weighted by atomic mass is 10.1. The normalized spacial score (nSPS) is 12.3. The Balaban J connectivity index is 1.70. The number of fused-ring (bicyclic) bond motifs is 1. The Hall–Kier alpha value is -3.17. The van der Waals surface area contributed by atoms with E-state index in [2.05, 4.69) is 15.3 Å². The van der Waals surface area contributed by atoms with Crippen molar-refractivity contribution in [1.82, 2.24) is 14.9 Å². The molecule has 1 atom stereocenters. The number of nitrogens with one attached hydrogen (secondary N) is 3. The van der Waals surface area contributed by atoms with Crippen molar-refractivity contribution < 1.29 is 9.72 Å². The molecule has 0 saturated heterocycles. The third kappa shape index (κ3) is 4.21. The zero-order chi connectivity index (χ0) is 20.4. The number of likely N-dealkylation sites (N-methyl/N-ethyl adjacent to an activating group) is 1. The SMILES string of the molecule is CC(C(=O)Nc1ccc2[nH]c(=O)[nH]c2c1)N(C)Cc1cc([N+](=O)[O-])ccc1Cl. The van der Waals surface area contributed by atoms with Crippen LogP contribution in [0.2, 0.25) is 5.02 Å². The number of amides is 1. The van der Waals surface area contributed by atoms with Crippen molar-refractivity contribution in [3.63, 3.8) is 0 Å². The van der Waals surface area contributed by atoms with E-state index in [1.165, 1.54) is 18.2 Å². The Bertz CT molecular complexity index is 1110. The van der Waals surface area contributed by atoms with Gasteiger partial charge in [-0.2, -0.15) is 0 Å². The summed E-state index contributed by atoms with van der Waals surface area (Å²) in [5.74, 6) is -0.263. The molecule has 28 heavy (non-hydrogen) atoms. The number of imidazole rings is 1. The van der Waals surface area contributed by atoms with Gasteiger partial charge in [0.25, 0.3) is 5.69 Å². The highest BCUT2D eigenvalue weighted by molar-refractivity contribution is 6.31. The Kier molecular flexibility index (Phi) is 5.48. The summed E-state index contributed by atoms with van der Waals surface area (Å²) in [7, 11) is 1.73. The highest BCUT2D eigenvalue weighted by Crippen LogP contribution is 2.24. The van der Waals surface area contributed by atoms with Gasteiger partial charge >= 0.3 is 5.69 Å². The van der Waals surface area contributed by atoms with E-state index >= 15 is 0 Å². The number of anilines is 1. The van der Waals surface area contributed by atoms with Crippen molar-refractivity contribution in [2.24, 2.45) is 0 Å². The maximum atomic E-state index is 12.6. The summed E-state index contributed by atoms with van der Waals surface area (Å²) in [6, 6.07) is 8.73. The number of aromatic amines is 2. The van der Waals surface area contributed by atoms with Gasteiger partial charge < -0.3 is 15.3 Å². The van der Waals surface area contributed by atoms with Crippen LogP contribution in [0.3, 0.4) is 0 Å². The number of non-ortho nitro benzene ring substituents is 1. The van der Waals surface area contributed by atoms with Gasteiger partial charge in [0, 0.05) is 29.4 Å². The van der Waals surface area contributed by atoms with Gasteiger partial charge in [-0.3, -0.25) is 19.8 Å². The standard InChI is InChI=1S/C18H18ClN5O4/c1-10(23(2)9-11-7-13(24(27)28)4-5-14(11)19)17(25)20-12-3-6-15-16(8-12)22-18(26)21-15/h3-8,10H,9H2,1-2H3,(H,20,25)(H2,21,22,26). The van der Waals surface area contributed by atoms with Crippen LogP contribution in [0.25, 0.3) is 11.0 Å². The van der Waals surface area contributed by atoms with Crippen LogP contribution in [0.15, 0.2) is 41.2 Å². The Morgan fingerprint density at radius 2 is 1.96 bits per heavy atom. The average Bonchev–Trinajstić information content (AvgIpc) is 3.01. The number of carbonyl (C=O) groups excluding carboxylic acids is 1. The molecule has 146 valence electrons. The molecule has 0 aliphatic carbocycles. The zero-order valence-electron chi connectivity index (χ0n) is 15.2. The molecule has 0 fully saturated rings. The monoisotopic (exact) mass is 403 g/mol. The number of nitro benzene ring substituents is 1. The first-order valence-corrected chi connectivity index (χ1v) is 8.78. The Morgan fingerprint density at radius 3 is 2.68 bits per heavy atom. The van der Waals surface area contributed by atoms with Crippen molar-refractivity contribution in [2.75, 3.05) is 12.4 Å². The van der Waals surface area contributed by atoms with Crippen molar-refractivity contribution in [1.29, 1.82) is 0 Å². The minimum atomic E-state index is -0.531. The van der Waals surface area contributed by atoms with Crippen molar-refractivity contribution in [3.05, 3.63) is 67.6 Å². The van der Waals surface area contributed by atoms with Gasteiger partial charge in [-0.05, 0) is 43.8 Å². The molecule has 9 nitrogen and oxygen atoms in total. The zero-order valence-corrected chi connectivity index (χ0v) is 15.9. The summed E-state index contributed by atoms with van der Waals surface area (Å²) in [4.78, 5) is 41.4. The number of H-pyrrole nitrogens is 2. The second kappa shape index (κ2) is 7.83. The van der Waals surface area contributed by atoms with E-state index in [9.17, 15) is 19.7 Å². The topological polar surface area (TPSA) is 124 Å². The van der Waals surface area contributed by atoms with Gasteiger partial charge in [-0.25, -0.2) is 4.79 Å². The fourth-order valence-corrected chi connectivity index (χ4v) is 2.94. The molecule has 1 unspecified atom stereocenters. The number of rotatable bonds is 6. The van der Waals surface area contributed by atoms with Gasteiger partial charge in [-0.15, -0.1) is 0 Å². The van der Waals surface area contributed by atoms with E-state index in [-0.39, 0.29) is 23.8 Å². The fraction of sp³-hybridized carbons (Fsp3) is 0.222. The first-order valence-electron chi connectivity index (χ1n) is 8.40. The third-order valence-corrected chi connectivity index (χ3v) is 4.85. The summed E-state index contributed by atoms with van der Waals surface area (Å²) in [5, 5.41) is 14.1. The number of nitro groups is 1. The molecule has 1 heterocycles. The molecule has 3 rings (SSSR count). The van der Waals surface area contributed by atoms with Crippen LogP contribution >= 0.6 is 11.6 Å². The molecule has 1 aromatic heterocycles. The van der Waals surface area contributed by atoms with Crippen molar-refractivity contribution >= 4 is 39.9 Å². The van der Waals surface area contributed by atoms with Crippen molar-refractivity contribution in [2.45, 2.75) is 19.5 Å². The van der Waals surface area contributed by atoms with E-state index in [1.54, 1.807) is 37.1 Å². The van der Waals surface area contributed by atoms with E-state index < -0.39 is 11.0 Å². The highest BCUT2D eigenvalue weighted by Gasteiger charge is 2.20. The number of hydrogen-bond acceptors (Lipinski definition) is 5. The molecule has 0 aliphatic rings. The van der Waals surface area contributed by atoms with E-state index in [1.807, 2.05) is 0 Å². The molecule has 1 amide bonds. The molecule has 3 aromatic rings. The van der Waals surface area contributed by atoms with Crippen molar-refractivity contribution in [3.8, 4) is 0 Å². The van der Waals surface area contributed by atoms with Crippen LogP contribution in [0.1, 0.15) is 12.5 Å². The van der Waals surface area contributed by atoms with E-state index in [0.29, 0.717) is 27.3 Å². The molecule has 10 heteroatoms. The fourth-order valence-electron chi connectivity index (χ4n) is 2.76. The quantitative estimate of drug-likeness (QED) is 0.431. The summed E-state index contributed by atoms with van der Waals surface area (Å²) in [6.45, 7) is 1.98. The van der Waals surface area contributed by atoms with Gasteiger partial charge in [0.1, 0.15) is 0 Å². The molecule has 0 bridgehead atoms. The molecular formula is C18H18ClN5O4. The Morgan fingerprint density at radius 1 is 1.25 bits per heavy atom. The van der Waals surface area contributed by atoms with Crippen LogP contribution in [-0.2, 0) is 11.3 Å². The van der Waals surface area contributed by atoms with Crippen LogP contribution in [0, 0.1) is 10.1 Å². The molecule has 0 aliphatic heterocycles. The van der Waals surface area contributed by atoms with Gasteiger partial charge in [0.05, 0.1) is 22.0 Å². The van der Waals surface area contributed by atoms with Crippen LogP contribution < -0.4 is 11.0 Å². The predicted octanol–water partition coefficient (Wildman–Crippen LogP) is 2.88. The molecule has 3 N–H and O–H groups in total. The first-order chi connectivity index (χ1) is 13.2. The molecular weight excluding hydrogens is 386 g/mol. The maximum absolute atomic E-state index is 12.6. The number of hydrogen-bond donors (Lipinski definition) is 3. The average molecular weight is 404 g/mol.